The van der Waals surface area contributed by atoms with Gasteiger partial charge in [0, 0.05) is 5.56 Å². The minimum atomic E-state index is 0.885. The first kappa shape index (κ1) is 12.2. The molecule has 1 aromatic carbocycles. The number of hydrogen-bond acceptors (Lipinski definition) is 3. The van der Waals surface area contributed by atoms with E-state index in [4.69, 9.17) is 0 Å². The number of rotatable bonds is 3. The van der Waals surface area contributed by atoms with Crippen LogP contribution in [0.3, 0.4) is 0 Å². The Labute approximate surface area is 116 Å². The fraction of sp³-hybridized carbons (Fsp3) is 0.200. The molecule has 0 saturated heterocycles. The van der Waals surface area contributed by atoms with Gasteiger partial charge in [-0.05, 0) is 24.8 Å². The highest BCUT2D eigenvalue weighted by Gasteiger charge is 2.05. The summed E-state index contributed by atoms with van der Waals surface area (Å²) in [6, 6.07) is 12.4. The largest absolute Gasteiger partial charge is 0.227 e. The van der Waals surface area contributed by atoms with E-state index < -0.39 is 0 Å². The summed E-state index contributed by atoms with van der Waals surface area (Å²) in [5.41, 5.74) is 4.23. The maximum Gasteiger partial charge on any atom is 0.154 e. The molecule has 0 atom stereocenters. The minimum Gasteiger partial charge on any atom is -0.227 e. The lowest BCUT2D eigenvalue weighted by atomic mass is 10.1. The van der Waals surface area contributed by atoms with Gasteiger partial charge in [-0.3, -0.25) is 0 Å². The van der Waals surface area contributed by atoms with Crippen LogP contribution in [0.2, 0.25) is 0 Å². The molecule has 2 aromatic heterocycles. The number of nitrogens with zero attached hydrogens (tertiary/aromatic N) is 3. The molecule has 0 aliphatic heterocycles. The van der Waals surface area contributed by atoms with Crippen molar-refractivity contribution in [3.05, 3.63) is 48.2 Å². The average Bonchev–Trinajstić information content (AvgIpc) is 2.83. The monoisotopic (exact) mass is 269 g/mol. The predicted molar refractivity (Wildman–Crippen MR) is 79.6 cm³/mol. The van der Waals surface area contributed by atoms with Gasteiger partial charge in [0.15, 0.2) is 5.65 Å². The van der Waals surface area contributed by atoms with Gasteiger partial charge >= 0.3 is 0 Å². The second-order valence-corrected chi connectivity index (χ2v) is 5.68. The van der Waals surface area contributed by atoms with E-state index in [0.29, 0.717) is 0 Å². The summed E-state index contributed by atoms with van der Waals surface area (Å²) >= 11 is 1.74. The molecular formula is C15H15N3S. The third kappa shape index (κ3) is 2.49. The minimum absolute atomic E-state index is 0.885. The molecule has 3 aromatic rings. The molecule has 0 aliphatic carbocycles. The highest BCUT2D eigenvalue weighted by atomic mass is 32.2. The van der Waals surface area contributed by atoms with Crippen molar-refractivity contribution in [3.63, 3.8) is 0 Å². The van der Waals surface area contributed by atoms with E-state index in [1.54, 1.807) is 11.8 Å². The van der Waals surface area contributed by atoms with Crippen molar-refractivity contribution in [1.82, 2.24) is 14.6 Å². The molecule has 3 rings (SSSR count). The highest BCUT2D eigenvalue weighted by Crippen LogP contribution is 2.21. The second kappa shape index (κ2) is 5.05. The lowest BCUT2D eigenvalue weighted by Gasteiger charge is -1.97. The van der Waals surface area contributed by atoms with Gasteiger partial charge in [-0.1, -0.05) is 36.8 Å². The Hall–Kier alpha value is -1.81. The topological polar surface area (TPSA) is 30.2 Å². The summed E-state index contributed by atoms with van der Waals surface area (Å²) in [6.45, 7) is 4.21. The van der Waals surface area contributed by atoms with Gasteiger partial charge in [-0.2, -0.15) is 5.10 Å². The van der Waals surface area contributed by atoms with Crippen LogP contribution in [0.25, 0.3) is 16.9 Å². The zero-order valence-corrected chi connectivity index (χ0v) is 11.8. The molecule has 4 heteroatoms. The molecule has 0 radical (unpaired) electrons. The van der Waals surface area contributed by atoms with Crippen LogP contribution in [0, 0.1) is 6.92 Å². The van der Waals surface area contributed by atoms with Crippen molar-refractivity contribution in [2.45, 2.75) is 18.9 Å². The van der Waals surface area contributed by atoms with Crippen LogP contribution in [0.1, 0.15) is 12.5 Å². The summed E-state index contributed by atoms with van der Waals surface area (Å²) in [5.74, 6) is 1.03. The standard InChI is InChI=1S/C15H15N3S/c1-3-19-15-9-8-14-16-13(10-18(14)17-15)12-6-4-11(2)5-7-12/h4-10H,3H2,1-2H3. The number of hydrogen-bond donors (Lipinski definition) is 0. The predicted octanol–water partition coefficient (Wildman–Crippen LogP) is 3.82. The van der Waals surface area contributed by atoms with Crippen LogP contribution in [0.4, 0.5) is 0 Å². The molecule has 0 aliphatic rings. The van der Waals surface area contributed by atoms with Crippen molar-refractivity contribution >= 4 is 17.4 Å². The molecule has 0 spiro atoms. The third-order valence-corrected chi connectivity index (χ3v) is 3.74. The van der Waals surface area contributed by atoms with Gasteiger partial charge in [0.25, 0.3) is 0 Å². The molecule has 2 heterocycles. The molecular weight excluding hydrogens is 254 g/mol. The van der Waals surface area contributed by atoms with Gasteiger partial charge in [-0.25, -0.2) is 9.50 Å². The van der Waals surface area contributed by atoms with E-state index in [1.165, 1.54) is 5.56 Å². The summed E-state index contributed by atoms with van der Waals surface area (Å²) in [4.78, 5) is 4.61. The third-order valence-electron chi connectivity index (χ3n) is 2.94. The number of thioether (sulfide) groups is 1. The van der Waals surface area contributed by atoms with Crippen molar-refractivity contribution in [2.75, 3.05) is 5.75 Å². The van der Waals surface area contributed by atoms with Crippen molar-refractivity contribution < 1.29 is 0 Å². The molecule has 0 bridgehead atoms. The van der Waals surface area contributed by atoms with Crippen LogP contribution in [-0.2, 0) is 0 Å². The van der Waals surface area contributed by atoms with Crippen molar-refractivity contribution in [3.8, 4) is 11.3 Å². The molecule has 0 fully saturated rings. The van der Waals surface area contributed by atoms with Gasteiger partial charge in [0.05, 0.1) is 11.9 Å². The highest BCUT2D eigenvalue weighted by molar-refractivity contribution is 7.99. The van der Waals surface area contributed by atoms with E-state index in [2.05, 4.69) is 48.2 Å². The van der Waals surface area contributed by atoms with Crippen LogP contribution >= 0.6 is 11.8 Å². The lowest BCUT2D eigenvalue weighted by Crippen LogP contribution is -1.91. The maximum absolute atomic E-state index is 4.61. The van der Waals surface area contributed by atoms with Crippen LogP contribution in [0.5, 0.6) is 0 Å². The Morgan fingerprint density at radius 1 is 1.11 bits per heavy atom. The summed E-state index contributed by atoms with van der Waals surface area (Å²) < 4.78 is 1.85. The Morgan fingerprint density at radius 3 is 2.63 bits per heavy atom. The molecule has 0 unspecified atom stereocenters. The summed E-state index contributed by atoms with van der Waals surface area (Å²) in [6.07, 6.45) is 1.99. The normalized spacial score (nSPS) is 11.1. The number of aromatic nitrogens is 3. The number of fused-ring (bicyclic) bond motifs is 1. The van der Waals surface area contributed by atoms with Crippen molar-refractivity contribution in [2.24, 2.45) is 0 Å². The second-order valence-electron chi connectivity index (χ2n) is 4.40. The average molecular weight is 269 g/mol. The van der Waals surface area contributed by atoms with Crippen LogP contribution < -0.4 is 0 Å². The van der Waals surface area contributed by atoms with E-state index in [0.717, 1.165) is 27.7 Å². The Balaban J connectivity index is 2.03. The Bertz CT molecular complexity index is 701. The van der Waals surface area contributed by atoms with E-state index in [1.807, 2.05) is 22.8 Å². The summed E-state index contributed by atoms with van der Waals surface area (Å²) in [5, 5.41) is 5.58. The molecule has 19 heavy (non-hydrogen) atoms. The molecule has 0 N–H and O–H groups in total. The summed E-state index contributed by atoms with van der Waals surface area (Å²) in [7, 11) is 0. The molecule has 3 nitrogen and oxygen atoms in total. The fourth-order valence-corrected chi connectivity index (χ4v) is 2.56. The molecule has 96 valence electrons. The van der Waals surface area contributed by atoms with Gasteiger partial charge in [-0.15, -0.1) is 11.8 Å². The zero-order valence-electron chi connectivity index (χ0n) is 11.0. The van der Waals surface area contributed by atoms with E-state index in [-0.39, 0.29) is 0 Å². The van der Waals surface area contributed by atoms with Crippen LogP contribution in [0.15, 0.2) is 47.6 Å². The smallest absolute Gasteiger partial charge is 0.154 e. The maximum atomic E-state index is 4.61. The van der Waals surface area contributed by atoms with Crippen LogP contribution in [-0.4, -0.2) is 20.4 Å². The van der Waals surface area contributed by atoms with E-state index >= 15 is 0 Å². The van der Waals surface area contributed by atoms with E-state index in [9.17, 15) is 0 Å². The first-order valence-electron chi connectivity index (χ1n) is 6.32. The molecule has 0 amide bonds. The van der Waals surface area contributed by atoms with Gasteiger partial charge < -0.3 is 0 Å². The Morgan fingerprint density at radius 2 is 1.89 bits per heavy atom. The zero-order chi connectivity index (χ0) is 13.2. The quantitative estimate of drug-likeness (QED) is 0.677. The van der Waals surface area contributed by atoms with Gasteiger partial charge in [0.1, 0.15) is 5.03 Å². The van der Waals surface area contributed by atoms with Crippen molar-refractivity contribution in [1.29, 1.82) is 0 Å². The number of imidazole rings is 1. The first-order chi connectivity index (χ1) is 9.26. The Kier molecular flexibility index (Phi) is 3.25. The lowest BCUT2D eigenvalue weighted by molar-refractivity contribution is 0.859. The molecule has 0 saturated carbocycles. The fourth-order valence-electron chi connectivity index (χ4n) is 1.95. The van der Waals surface area contributed by atoms with Gasteiger partial charge in [0.2, 0.25) is 0 Å². The number of aryl methyl sites for hydroxylation is 1. The SMILES string of the molecule is CCSc1ccc2nc(-c3ccc(C)cc3)cn2n1. The number of benzene rings is 1. The first-order valence-corrected chi connectivity index (χ1v) is 7.31.